The summed E-state index contributed by atoms with van der Waals surface area (Å²) in [6.45, 7) is 4.14. The molecule has 2 aromatic rings. The predicted molar refractivity (Wildman–Crippen MR) is 101 cm³/mol. The highest BCUT2D eigenvalue weighted by Gasteiger charge is 2.22. The van der Waals surface area contributed by atoms with Gasteiger partial charge < -0.3 is 14.3 Å². The van der Waals surface area contributed by atoms with Crippen LogP contribution in [0.5, 0.6) is 11.5 Å². The zero-order valence-electron chi connectivity index (χ0n) is 14.8. The van der Waals surface area contributed by atoms with Crippen LogP contribution in [0, 0.1) is 5.82 Å². The van der Waals surface area contributed by atoms with Crippen molar-refractivity contribution in [1.82, 2.24) is 0 Å². The van der Waals surface area contributed by atoms with E-state index in [0.29, 0.717) is 40.0 Å². The Morgan fingerprint density at radius 1 is 1.22 bits per heavy atom. The Morgan fingerprint density at radius 2 is 1.96 bits per heavy atom. The Balaban J connectivity index is 1.88. The lowest BCUT2D eigenvalue weighted by Gasteiger charge is -2.15. The molecule has 0 fully saturated rings. The van der Waals surface area contributed by atoms with Crippen LogP contribution in [0.4, 0.5) is 4.39 Å². The van der Waals surface area contributed by atoms with E-state index in [1.54, 1.807) is 37.3 Å². The number of rotatable bonds is 6. The van der Waals surface area contributed by atoms with Gasteiger partial charge in [0.25, 0.3) is 0 Å². The highest BCUT2D eigenvalue weighted by Crippen LogP contribution is 2.38. The third kappa shape index (κ3) is 4.46. The second-order valence-electron chi connectivity index (χ2n) is 5.79. The molecule has 0 bridgehead atoms. The molecule has 0 aliphatic carbocycles. The molecule has 0 N–H and O–H groups in total. The molecule has 0 aromatic heterocycles. The number of carbonyl (C=O) groups is 1. The Morgan fingerprint density at radius 3 is 2.59 bits per heavy atom. The molecule has 0 saturated heterocycles. The van der Waals surface area contributed by atoms with Crippen LogP contribution in [0.2, 0.25) is 5.02 Å². The van der Waals surface area contributed by atoms with Gasteiger partial charge in [0.05, 0.1) is 22.9 Å². The van der Waals surface area contributed by atoms with Crippen molar-refractivity contribution in [2.24, 2.45) is 5.16 Å². The van der Waals surface area contributed by atoms with E-state index in [9.17, 15) is 9.18 Å². The maximum absolute atomic E-state index is 13.0. The third-order valence-electron chi connectivity index (χ3n) is 3.81. The van der Waals surface area contributed by atoms with Crippen molar-refractivity contribution in [2.75, 3.05) is 6.61 Å². The number of carbonyl (C=O) groups excluding carboxylic acids is 1. The van der Waals surface area contributed by atoms with Crippen LogP contribution in [-0.2, 0) is 16.2 Å². The van der Waals surface area contributed by atoms with Crippen molar-refractivity contribution in [3.63, 3.8) is 0 Å². The minimum absolute atomic E-state index is 0.207. The first-order valence-corrected chi connectivity index (χ1v) is 8.67. The fraction of sp³-hybridized carbons (Fsp3) is 0.200. The summed E-state index contributed by atoms with van der Waals surface area (Å²) in [5.41, 5.74) is 2.29. The van der Waals surface area contributed by atoms with Crippen molar-refractivity contribution < 1.29 is 23.5 Å². The molecule has 0 amide bonds. The van der Waals surface area contributed by atoms with E-state index >= 15 is 0 Å². The fourth-order valence-electron chi connectivity index (χ4n) is 2.50. The van der Waals surface area contributed by atoms with Crippen LogP contribution in [0.15, 0.2) is 47.1 Å². The van der Waals surface area contributed by atoms with E-state index in [1.807, 2.05) is 6.92 Å². The standard InChI is InChI=1S/C20H17ClFNO4/c1-3-25-18-10-14(8-16-12(2)23-27-20(16)24)9-17(21)19(18)26-11-13-4-6-15(22)7-5-13/h4-10H,3,11H2,1-2H3. The number of hydrogen-bond donors (Lipinski definition) is 0. The Hall–Kier alpha value is -2.86. The SMILES string of the molecule is CCOc1cc(C=C2C(=O)ON=C2C)cc(Cl)c1OCc1ccc(F)cc1. The van der Waals surface area contributed by atoms with Crippen LogP contribution in [0.25, 0.3) is 6.08 Å². The minimum Gasteiger partial charge on any atom is -0.490 e. The van der Waals surface area contributed by atoms with Gasteiger partial charge >= 0.3 is 5.97 Å². The molecule has 7 heteroatoms. The quantitative estimate of drug-likeness (QED) is 0.527. The molecular weight excluding hydrogens is 373 g/mol. The molecule has 0 unspecified atom stereocenters. The Labute approximate surface area is 161 Å². The number of nitrogens with zero attached hydrogens (tertiary/aromatic N) is 1. The molecular formula is C20H17ClFNO4. The first-order chi connectivity index (χ1) is 13.0. The lowest BCUT2D eigenvalue weighted by Crippen LogP contribution is -2.03. The minimum atomic E-state index is -0.516. The van der Waals surface area contributed by atoms with E-state index < -0.39 is 5.97 Å². The molecule has 1 aliphatic heterocycles. The van der Waals surface area contributed by atoms with Gasteiger partial charge in [0.1, 0.15) is 12.4 Å². The van der Waals surface area contributed by atoms with E-state index in [4.69, 9.17) is 21.1 Å². The van der Waals surface area contributed by atoms with Crippen LogP contribution < -0.4 is 9.47 Å². The smallest absolute Gasteiger partial charge is 0.367 e. The number of hydrogen-bond acceptors (Lipinski definition) is 5. The molecule has 1 aliphatic rings. The van der Waals surface area contributed by atoms with E-state index in [0.717, 1.165) is 5.56 Å². The lowest BCUT2D eigenvalue weighted by molar-refractivity contribution is -0.136. The monoisotopic (exact) mass is 389 g/mol. The molecule has 1 heterocycles. The summed E-state index contributed by atoms with van der Waals surface area (Å²) in [5.74, 6) is -0.00374. The second kappa shape index (κ2) is 8.22. The van der Waals surface area contributed by atoms with Crippen molar-refractivity contribution in [3.8, 4) is 11.5 Å². The molecule has 0 spiro atoms. The third-order valence-corrected chi connectivity index (χ3v) is 4.10. The first kappa shape index (κ1) is 18.9. The molecule has 5 nitrogen and oxygen atoms in total. The Kier molecular flexibility index (Phi) is 5.76. The second-order valence-corrected chi connectivity index (χ2v) is 6.20. The molecule has 27 heavy (non-hydrogen) atoms. The number of halogens is 2. The summed E-state index contributed by atoms with van der Waals surface area (Å²) in [4.78, 5) is 16.4. The van der Waals surface area contributed by atoms with E-state index in [2.05, 4.69) is 9.99 Å². The molecule has 140 valence electrons. The van der Waals surface area contributed by atoms with Crippen molar-refractivity contribution in [3.05, 3.63) is 63.9 Å². The molecule has 0 atom stereocenters. The average Bonchev–Trinajstić information content (AvgIpc) is 2.95. The van der Waals surface area contributed by atoms with Crippen LogP contribution >= 0.6 is 11.6 Å². The van der Waals surface area contributed by atoms with Gasteiger partial charge in [0.15, 0.2) is 11.5 Å². The summed E-state index contributed by atoms with van der Waals surface area (Å²) in [7, 11) is 0. The van der Waals surface area contributed by atoms with Gasteiger partial charge in [0, 0.05) is 0 Å². The van der Waals surface area contributed by atoms with Gasteiger partial charge in [-0.15, -0.1) is 0 Å². The van der Waals surface area contributed by atoms with Crippen molar-refractivity contribution in [1.29, 1.82) is 0 Å². The predicted octanol–water partition coefficient (Wildman–Crippen LogP) is 4.77. The maximum atomic E-state index is 13.0. The van der Waals surface area contributed by atoms with E-state index in [1.165, 1.54) is 12.1 Å². The number of benzene rings is 2. The largest absolute Gasteiger partial charge is 0.490 e. The Bertz CT molecular complexity index is 922. The van der Waals surface area contributed by atoms with Gasteiger partial charge in [-0.25, -0.2) is 9.18 Å². The summed E-state index contributed by atoms with van der Waals surface area (Å²) < 4.78 is 24.5. The average molecular weight is 390 g/mol. The zero-order chi connectivity index (χ0) is 19.4. The molecule has 0 saturated carbocycles. The number of oxime groups is 1. The van der Waals surface area contributed by atoms with Gasteiger partial charge in [-0.05, 0) is 55.3 Å². The van der Waals surface area contributed by atoms with Crippen molar-refractivity contribution in [2.45, 2.75) is 20.5 Å². The highest BCUT2D eigenvalue weighted by molar-refractivity contribution is 6.32. The molecule has 0 radical (unpaired) electrons. The topological polar surface area (TPSA) is 57.1 Å². The first-order valence-electron chi connectivity index (χ1n) is 8.29. The summed E-state index contributed by atoms with van der Waals surface area (Å²) in [5, 5.41) is 3.98. The maximum Gasteiger partial charge on any atom is 0.367 e. The van der Waals surface area contributed by atoms with E-state index in [-0.39, 0.29) is 12.4 Å². The lowest BCUT2D eigenvalue weighted by atomic mass is 10.1. The summed E-state index contributed by atoms with van der Waals surface area (Å²) >= 11 is 6.38. The fourth-order valence-corrected chi connectivity index (χ4v) is 2.77. The van der Waals surface area contributed by atoms with Gasteiger partial charge in [-0.3, -0.25) is 0 Å². The normalized spacial score (nSPS) is 14.9. The summed E-state index contributed by atoms with van der Waals surface area (Å²) in [6, 6.07) is 9.39. The van der Waals surface area contributed by atoms with Crippen LogP contribution in [0.1, 0.15) is 25.0 Å². The van der Waals surface area contributed by atoms with Crippen LogP contribution in [-0.4, -0.2) is 18.3 Å². The van der Waals surface area contributed by atoms with Gasteiger partial charge in [-0.1, -0.05) is 28.9 Å². The number of ether oxygens (including phenoxy) is 2. The zero-order valence-corrected chi connectivity index (χ0v) is 15.5. The van der Waals surface area contributed by atoms with Gasteiger partial charge in [-0.2, -0.15) is 0 Å². The molecule has 2 aromatic carbocycles. The van der Waals surface area contributed by atoms with Crippen molar-refractivity contribution >= 4 is 29.4 Å². The summed E-state index contributed by atoms with van der Waals surface area (Å²) in [6.07, 6.45) is 1.63. The molecule has 3 rings (SSSR count). The van der Waals surface area contributed by atoms with Gasteiger partial charge in [0.2, 0.25) is 0 Å². The van der Waals surface area contributed by atoms with Crippen LogP contribution in [0.3, 0.4) is 0 Å². The highest BCUT2D eigenvalue weighted by atomic mass is 35.5.